The van der Waals surface area contributed by atoms with Gasteiger partial charge in [0.15, 0.2) is 0 Å². The third kappa shape index (κ3) is 4.29. The molecule has 1 aromatic rings. The van der Waals surface area contributed by atoms with Crippen LogP contribution in [0.15, 0.2) is 24.3 Å². The number of rotatable bonds is 6. The third-order valence-electron chi connectivity index (χ3n) is 3.82. The van der Waals surface area contributed by atoms with Gasteiger partial charge in [-0.2, -0.15) is 0 Å². The van der Waals surface area contributed by atoms with Crippen molar-refractivity contribution in [1.82, 2.24) is 5.32 Å². The van der Waals surface area contributed by atoms with Crippen LogP contribution in [-0.2, 0) is 11.2 Å². The summed E-state index contributed by atoms with van der Waals surface area (Å²) in [5.74, 6) is 0.395. The molecule has 1 aliphatic rings. The van der Waals surface area contributed by atoms with Gasteiger partial charge >= 0.3 is 0 Å². The molecule has 19 heavy (non-hydrogen) atoms. The number of hydrogen-bond donors (Lipinski definition) is 1. The molecule has 3 heteroatoms. The molecule has 1 heterocycles. The van der Waals surface area contributed by atoms with Crippen molar-refractivity contribution in [3.05, 3.63) is 35.6 Å². The molecular weight excluding hydrogens is 241 g/mol. The predicted molar refractivity (Wildman–Crippen MR) is 75.7 cm³/mol. The maximum atomic E-state index is 12.9. The SMILES string of the molecule is CCCNC(Cc1ccc(F)cc1)C1COC(C)C1. The second-order valence-electron chi connectivity index (χ2n) is 5.53. The van der Waals surface area contributed by atoms with Crippen LogP contribution in [0.25, 0.3) is 0 Å². The lowest BCUT2D eigenvalue weighted by Crippen LogP contribution is -2.39. The van der Waals surface area contributed by atoms with Gasteiger partial charge in [-0.3, -0.25) is 0 Å². The summed E-state index contributed by atoms with van der Waals surface area (Å²) in [5.41, 5.74) is 1.19. The molecule has 0 aromatic heterocycles. The highest BCUT2D eigenvalue weighted by molar-refractivity contribution is 5.17. The second-order valence-corrected chi connectivity index (χ2v) is 5.53. The molecule has 3 atom stereocenters. The zero-order chi connectivity index (χ0) is 13.7. The van der Waals surface area contributed by atoms with E-state index in [0.29, 0.717) is 18.1 Å². The average molecular weight is 265 g/mol. The van der Waals surface area contributed by atoms with E-state index in [0.717, 1.165) is 32.4 Å². The molecule has 0 amide bonds. The van der Waals surface area contributed by atoms with Crippen LogP contribution >= 0.6 is 0 Å². The average Bonchev–Trinajstić information content (AvgIpc) is 2.83. The normalized spacial score (nSPS) is 24.6. The first kappa shape index (κ1) is 14.5. The molecule has 0 saturated carbocycles. The molecule has 1 saturated heterocycles. The molecule has 1 fully saturated rings. The fraction of sp³-hybridized carbons (Fsp3) is 0.625. The molecule has 2 rings (SSSR count). The van der Waals surface area contributed by atoms with Crippen LogP contribution in [0.1, 0.15) is 32.3 Å². The van der Waals surface area contributed by atoms with E-state index in [1.807, 2.05) is 12.1 Å². The fourth-order valence-corrected chi connectivity index (χ4v) is 2.74. The summed E-state index contributed by atoms with van der Waals surface area (Å²) in [6.07, 6.45) is 3.55. The van der Waals surface area contributed by atoms with Crippen molar-refractivity contribution < 1.29 is 9.13 Å². The smallest absolute Gasteiger partial charge is 0.123 e. The first-order valence-corrected chi connectivity index (χ1v) is 7.28. The minimum absolute atomic E-state index is 0.167. The number of halogens is 1. The van der Waals surface area contributed by atoms with E-state index in [4.69, 9.17) is 4.74 Å². The molecule has 0 aliphatic carbocycles. The van der Waals surface area contributed by atoms with Gasteiger partial charge in [-0.1, -0.05) is 19.1 Å². The minimum atomic E-state index is -0.167. The highest BCUT2D eigenvalue weighted by Gasteiger charge is 2.29. The van der Waals surface area contributed by atoms with Gasteiger partial charge in [-0.05, 0) is 50.4 Å². The third-order valence-corrected chi connectivity index (χ3v) is 3.82. The molecule has 1 N–H and O–H groups in total. The summed E-state index contributed by atoms with van der Waals surface area (Å²) in [6, 6.07) is 7.28. The highest BCUT2D eigenvalue weighted by atomic mass is 19.1. The van der Waals surface area contributed by atoms with Crippen molar-refractivity contribution in [2.75, 3.05) is 13.2 Å². The topological polar surface area (TPSA) is 21.3 Å². The Morgan fingerprint density at radius 2 is 2.11 bits per heavy atom. The van der Waals surface area contributed by atoms with Crippen molar-refractivity contribution in [2.24, 2.45) is 5.92 Å². The monoisotopic (exact) mass is 265 g/mol. The first-order valence-electron chi connectivity index (χ1n) is 7.28. The van der Waals surface area contributed by atoms with Crippen LogP contribution in [0.2, 0.25) is 0 Å². The van der Waals surface area contributed by atoms with Gasteiger partial charge in [0, 0.05) is 12.0 Å². The Morgan fingerprint density at radius 1 is 1.37 bits per heavy atom. The Bertz CT molecular complexity index is 379. The van der Waals surface area contributed by atoms with E-state index >= 15 is 0 Å². The van der Waals surface area contributed by atoms with Crippen molar-refractivity contribution in [3.8, 4) is 0 Å². The molecule has 2 nitrogen and oxygen atoms in total. The van der Waals surface area contributed by atoms with E-state index in [1.54, 1.807) is 12.1 Å². The lowest BCUT2D eigenvalue weighted by Gasteiger charge is -2.24. The van der Waals surface area contributed by atoms with Gasteiger partial charge in [-0.15, -0.1) is 0 Å². The van der Waals surface area contributed by atoms with Gasteiger partial charge in [0.1, 0.15) is 5.82 Å². The summed E-state index contributed by atoms with van der Waals surface area (Å²) in [5, 5.41) is 3.62. The summed E-state index contributed by atoms with van der Waals surface area (Å²) in [4.78, 5) is 0. The van der Waals surface area contributed by atoms with Gasteiger partial charge in [0.05, 0.1) is 12.7 Å². The quantitative estimate of drug-likeness (QED) is 0.853. The van der Waals surface area contributed by atoms with Gasteiger partial charge in [-0.25, -0.2) is 4.39 Å². The maximum Gasteiger partial charge on any atom is 0.123 e. The summed E-state index contributed by atoms with van der Waals surface area (Å²) < 4.78 is 18.6. The minimum Gasteiger partial charge on any atom is -0.378 e. The molecule has 106 valence electrons. The van der Waals surface area contributed by atoms with Crippen molar-refractivity contribution in [2.45, 2.75) is 45.3 Å². The second kappa shape index (κ2) is 7.01. The Kier molecular flexibility index (Phi) is 5.34. The van der Waals surface area contributed by atoms with Crippen molar-refractivity contribution >= 4 is 0 Å². The van der Waals surface area contributed by atoms with Crippen LogP contribution < -0.4 is 5.32 Å². The largest absolute Gasteiger partial charge is 0.378 e. The lowest BCUT2D eigenvalue weighted by molar-refractivity contribution is 0.117. The number of hydrogen-bond acceptors (Lipinski definition) is 2. The van der Waals surface area contributed by atoms with Crippen LogP contribution in [-0.4, -0.2) is 25.3 Å². The number of ether oxygens (including phenoxy) is 1. The summed E-state index contributed by atoms with van der Waals surface area (Å²) in [7, 11) is 0. The standard InChI is InChI=1S/C16H24FNO/c1-3-8-18-16(14-9-12(2)19-11-14)10-13-4-6-15(17)7-5-13/h4-7,12,14,16,18H,3,8-11H2,1-2H3. The van der Waals surface area contributed by atoms with Crippen LogP contribution in [0.4, 0.5) is 4.39 Å². The molecule has 0 spiro atoms. The van der Waals surface area contributed by atoms with E-state index in [9.17, 15) is 4.39 Å². The lowest BCUT2D eigenvalue weighted by atomic mass is 9.91. The fourth-order valence-electron chi connectivity index (χ4n) is 2.74. The van der Waals surface area contributed by atoms with Crippen LogP contribution in [0.5, 0.6) is 0 Å². The van der Waals surface area contributed by atoms with Gasteiger partial charge in [0.2, 0.25) is 0 Å². The predicted octanol–water partition coefficient (Wildman–Crippen LogP) is 3.16. The summed E-state index contributed by atoms with van der Waals surface area (Å²) in [6.45, 7) is 6.17. The molecule has 1 aliphatic heterocycles. The zero-order valence-electron chi connectivity index (χ0n) is 11.9. The summed E-state index contributed by atoms with van der Waals surface area (Å²) >= 11 is 0. The Balaban J connectivity index is 1.98. The van der Waals surface area contributed by atoms with Gasteiger partial charge < -0.3 is 10.1 Å². The van der Waals surface area contributed by atoms with E-state index in [-0.39, 0.29) is 5.82 Å². The molecule has 0 radical (unpaired) electrons. The zero-order valence-corrected chi connectivity index (χ0v) is 11.9. The van der Waals surface area contributed by atoms with Gasteiger partial charge in [0.25, 0.3) is 0 Å². The van der Waals surface area contributed by atoms with Crippen LogP contribution in [0.3, 0.4) is 0 Å². The first-order chi connectivity index (χ1) is 9.19. The van der Waals surface area contributed by atoms with E-state index < -0.39 is 0 Å². The number of benzene rings is 1. The highest BCUT2D eigenvalue weighted by Crippen LogP contribution is 2.24. The Labute approximate surface area is 115 Å². The van der Waals surface area contributed by atoms with E-state index in [1.165, 1.54) is 5.56 Å². The van der Waals surface area contributed by atoms with E-state index in [2.05, 4.69) is 19.2 Å². The van der Waals surface area contributed by atoms with Crippen molar-refractivity contribution in [1.29, 1.82) is 0 Å². The molecular formula is C16H24FNO. The Morgan fingerprint density at radius 3 is 2.68 bits per heavy atom. The molecule has 0 bridgehead atoms. The van der Waals surface area contributed by atoms with Crippen LogP contribution in [0, 0.1) is 11.7 Å². The Hall–Kier alpha value is -0.930. The van der Waals surface area contributed by atoms with Crippen molar-refractivity contribution in [3.63, 3.8) is 0 Å². The number of nitrogens with one attached hydrogen (secondary N) is 1. The maximum absolute atomic E-state index is 12.9. The molecule has 1 aromatic carbocycles. The molecule has 3 unspecified atom stereocenters.